The molecule has 25 heavy (non-hydrogen) atoms. The number of oxime groups is 1. The molecule has 1 atom stereocenters. The number of amidine groups is 1. The molecule has 0 aliphatic carbocycles. The Bertz CT molecular complexity index is 786. The highest BCUT2D eigenvalue weighted by Crippen LogP contribution is 2.35. The molecular weight excluding hydrogens is 330 g/mol. The van der Waals surface area contributed by atoms with Gasteiger partial charge in [-0.1, -0.05) is 64.9 Å². The van der Waals surface area contributed by atoms with Gasteiger partial charge < -0.3 is 10.6 Å². The number of nitrogens with two attached hydrogens (primary N) is 1. The van der Waals surface area contributed by atoms with Gasteiger partial charge in [0.05, 0.1) is 11.8 Å². The molecule has 5 heteroatoms. The Morgan fingerprint density at radius 3 is 2.84 bits per heavy atom. The lowest BCUT2D eigenvalue weighted by Gasteiger charge is -2.29. The second-order valence-electron chi connectivity index (χ2n) is 6.44. The third-order valence-electron chi connectivity index (χ3n) is 4.33. The summed E-state index contributed by atoms with van der Waals surface area (Å²) in [5, 5.41) is 4.75. The first kappa shape index (κ1) is 17.5. The number of aryl methyl sites for hydroxylation is 1. The van der Waals surface area contributed by atoms with E-state index in [-0.39, 0.29) is 5.54 Å². The normalized spacial score (nSPS) is 20.5. The lowest BCUT2D eigenvalue weighted by atomic mass is 9.89. The molecule has 1 heterocycles. The molecule has 2 aromatic carbocycles. The van der Waals surface area contributed by atoms with Crippen molar-refractivity contribution in [1.82, 2.24) is 0 Å². The molecule has 3 rings (SSSR count). The van der Waals surface area contributed by atoms with Crippen LogP contribution in [0, 0.1) is 6.92 Å². The molecule has 4 nitrogen and oxygen atoms in total. The number of aliphatic imine (C=N–C) groups is 1. The van der Waals surface area contributed by atoms with Crippen LogP contribution >= 0.6 is 11.8 Å². The van der Waals surface area contributed by atoms with Crippen LogP contribution < -0.4 is 5.73 Å². The number of hydrogen-bond donors (Lipinski definition) is 1. The highest BCUT2D eigenvalue weighted by molar-refractivity contribution is 8.13. The van der Waals surface area contributed by atoms with Gasteiger partial charge in [-0.05, 0) is 43.0 Å². The number of thioether (sulfide) groups is 1. The second kappa shape index (κ2) is 7.74. The van der Waals surface area contributed by atoms with Crippen LogP contribution in [0.2, 0.25) is 0 Å². The molecule has 130 valence electrons. The van der Waals surface area contributed by atoms with Crippen LogP contribution in [0.3, 0.4) is 0 Å². The molecule has 0 aromatic heterocycles. The highest BCUT2D eigenvalue weighted by atomic mass is 32.2. The van der Waals surface area contributed by atoms with Gasteiger partial charge in [-0.25, -0.2) is 0 Å². The van der Waals surface area contributed by atoms with E-state index < -0.39 is 0 Å². The molecule has 1 aliphatic heterocycles. The molecule has 2 aromatic rings. The zero-order valence-corrected chi connectivity index (χ0v) is 15.4. The monoisotopic (exact) mass is 353 g/mol. The van der Waals surface area contributed by atoms with Crippen molar-refractivity contribution in [2.24, 2.45) is 15.9 Å². The molecule has 1 aliphatic rings. The van der Waals surface area contributed by atoms with Gasteiger partial charge in [0.25, 0.3) is 0 Å². The van der Waals surface area contributed by atoms with Gasteiger partial charge >= 0.3 is 0 Å². The topological polar surface area (TPSA) is 60.0 Å². The van der Waals surface area contributed by atoms with Crippen molar-refractivity contribution in [1.29, 1.82) is 0 Å². The Kier molecular flexibility index (Phi) is 5.43. The molecule has 0 radical (unpaired) electrons. The van der Waals surface area contributed by atoms with Gasteiger partial charge in [0.1, 0.15) is 6.61 Å². The highest BCUT2D eigenvalue weighted by Gasteiger charge is 2.29. The first-order valence-corrected chi connectivity index (χ1v) is 9.33. The number of benzene rings is 2. The van der Waals surface area contributed by atoms with E-state index in [1.54, 1.807) is 18.0 Å². The van der Waals surface area contributed by atoms with Crippen molar-refractivity contribution in [2.75, 3.05) is 5.75 Å². The fraction of sp³-hybridized carbons (Fsp3) is 0.300. The molecule has 0 bridgehead atoms. The van der Waals surface area contributed by atoms with Crippen molar-refractivity contribution in [3.8, 4) is 0 Å². The smallest absolute Gasteiger partial charge is 0.154 e. The fourth-order valence-electron chi connectivity index (χ4n) is 2.74. The summed E-state index contributed by atoms with van der Waals surface area (Å²) < 4.78 is 0. The third kappa shape index (κ3) is 4.63. The van der Waals surface area contributed by atoms with E-state index in [9.17, 15) is 0 Å². The average Bonchev–Trinajstić information content (AvgIpc) is 2.60. The summed E-state index contributed by atoms with van der Waals surface area (Å²) in [6.07, 6.45) is 2.72. The summed E-state index contributed by atoms with van der Waals surface area (Å²) in [6.45, 7) is 4.66. The molecule has 0 spiro atoms. The fourth-order valence-corrected chi connectivity index (χ4v) is 3.72. The van der Waals surface area contributed by atoms with E-state index in [1.165, 1.54) is 5.56 Å². The summed E-state index contributed by atoms with van der Waals surface area (Å²) >= 11 is 1.62. The SMILES string of the molecule is Cc1ccc(CO/N=C/c2cccc(C3(C)CCSC(N)=N3)c2)cc1. The van der Waals surface area contributed by atoms with Crippen molar-refractivity contribution in [2.45, 2.75) is 32.4 Å². The van der Waals surface area contributed by atoms with Crippen molar-refractivity contribution < 1.29 is 4.84 Å². The van der Waals surface area contributed by atoms with Gasteiger partial charge in [-0.2, -0.15) is 0 Å². The minimum Gasteiger partial charge on any atom is -0.391 e. The van der Waals surface area contributed by atoms with Gasteiger partial charge in [0.15, 0.2) is 5.17 Å². The van der Waals surface area contributed by atoms with Crippen molar-refractivity contribution in [3.05, 3.63) is 70.8 Å². The first-order valence-electron chi connectivity index (χ1n) is 8.35. The van der Waals surface area contributed by atoms with Gasteiger partial charge in [0, 0.05) is 5.75 Å². The lowest BCUT2D eigenvalue weighted by molar-refractivity contribution is 0.132. The zero-order valence-electron chi connectivity index (χ0n) is 14.6. The molecule has 0 saturated heterocycles. The van der Waals surface area contributed by atoms with E-state index in [4.69, 9.17) is 10.6 Å². The van der Waals surface area contributed by atoms with Crippen LogP contribution in [-0.4, -0.2) is 17.1 Å². The van der Waals surface area contributed by atoms with Crippen LogP contribution in [0.15, 0.2) is 58.7 Å². The largest absolute Gasteiger partial charge is 0.391 e. The molecular formula is C20H23N3OS. The minimum atomic E-state index is -0.262. The summed E-state index contributed by atoms with van der Waals surface area (Å²) in [4.78, 5) is 10.1. The Balaban J connectivity index is 1.65. The lowest BCUT2D eigenvalue weighted by Crippen LogP contribution is -2.28. The average molecular weight is 353 g/mol. The maximum Gasteiger partial charge on any atom is 0.154 e. The maximum atomic E-state index is 5.92. The minimum absolute atomic E-state index is 0.262. The Morgan fingerprint density at radius 2 is 2.08 bits per heavy atom. The summed E-state index contributed by atoms with van der Waals surface area (Å²) in [5.41, 5.74) is 10.1. The van der Waals surface area contributed by atoms with Crippen LogP contribution in [0.1, 0.15) is 35.6 Å². The predicted molar refractivity (Wildman–Crippen MR) is 106 cm³/mol. The van der Waals surface area contributed by atoms with E-state index in [0.717, 1.165) is 28.9 Å². The van der Waals surface area contributed by atoms with E-state index in [0.29, 0.717) is 11.8 Å². The van der Waals surface area contributed by atoms with Gasteiger partial charge in [0.2, 0.25) is 0 Å². The Morgan fingerprint density at radius 1 is 1.28 bits per heavy atom. The van der Waals surface area contributed by atoms with Crippen LogP contribution in [0.4, 0.5) is 0 Å². The second-order valence-corrected chi connectivity index (χ2v) is 7.56. The third-order valence-corrected chi connectivity index (χ3v) is 5.13. The van der Waals surface area contributed by atoms with Gasteiger partial charge in [-0.3, -0.25) is 4.99 Å². The number of rotatable bonds is 5. The van der Waals surface area contributed by atoms with Crippen molar-refractivity contribution in [3.63, 3.8) is 0 Å². The summed E-state index contributed by atoms with van der Waals surface area (Å²) in [5.74, 6) is 0.990. The first-order chi connectivity index (χ1) is 12.0. The van der Waals surface area contributed by atoms with E-state index >= 15 is 0 Å². The Labute approximate surface area is 153 Å². The molecule has 2 N–H and O–H groups in total. The molecule has 0 saturated carbocycles. The summed E-state index contributed by atoms with van der Waals surface area (Å²) in [6, 6.07) is 16.5. The molecule has 0 fully saturated rings. The van der Waals surface area contributed by atoms with Gasteiger partial charge in [-0.15, -0.1) is 0 Å². The molecule has 0 amide bonds. The number of hydrogen-bond acceptors (Lipinski definition) is 5. The summed E-state index contributed by atoms with van der Waals surface area (Å²) in [7, 11) is 0. The number of nitrogens with zero attached hydrogens (tertiary/aromatic N) is 2. The van der Waals surface area contributed by atoms with Crippen LogP contribution in [0.25, 0.3) is 0 Å². The zero-order chi connectivity index (χ0) is 17.7. The van der Waals surface area contributed by atoms with Crippen molar-refractivity contribution >= 4 is 23.1 Å². The predicted octanol–water partition coefficient (Wildman–Crippen LogP) is 4.21. The molecule has 1 unspecified atom stereocenters. The maximum absolute atomic E-state index is 5.92. The van der Waals surface area contributed by atoms with Crippen LogP contribution in [-0.2, 0) is 17.0 Å². The van der Waals surface area contributed by atoms with E-state index in [2.05, 4.69) is 60.4 Å². The van der Waals surface area contributed by atoms with Crippen LogP contribution in [0.5, 0.6) is 0 Å². The Hall–Kier alpha value is -2.27. The quantitative estimate of drug-likeness (QED) is 0.647. The standard InChI is InChI=1S/C20H23N3OS/c1-15-6-8-16(9-7-15)14-24-22-13-17-4-3-5-18(12-17)20(2)10-11-25-19(21)23-20/h3-9,12-13H,10-11,14H2,1-2H3,(H2,21,23)/b22-13+. The van der Waals surface area contributed by atoms with E-state index in [1.807, 2.05) is 12.1 Å².